The number of anilines is 1. The second-order valence-corrected chi connectivity index (χ2v) is 5.29. The maximum atomic E-state index is 13.5. The van der Waals surface area contributed by atoms with Crippen molar-refractivity contribution in [2.45, 2.75) is 0 Å². The van der Waals surface area contributed by atoms with Crippen LogP contribution in [-0.2, 0) is 0 Å². The Kier molecular flexibility index (Phi) is 4.59. The summed E-state index contributed by atoms with van der Waals surface area (Å²) in [6.07, 6.45) is 0. The molecule has 0 saturated heterocycles. The summed E-state index contributed by atoms with van der Waals surface area (Å²) in [6, 6.07) is 8.16. The normalized spacial score (nSPS) is 10.2. The summed E-state index contributed by atoms with van der Waals surface area (Å²) < 4.78 is 14.1. The van der Waals surface area contributed by atoms with E-state index in [9.17, 15) is 14.0 Å². The van der Waals surface area contributed by atoms with Gasteiger partial charge in [-0.25, -0.2) is 9.18 Å². The van der Waals surface area contributed by atoms with Crippen LogP contribution >= 0.6 is 27.5 Å². The van der Waals surface area contributed by atoms with E-state index in [1.807, 2.05) is 0 Å². The highest BCUT2D eigenvalue weighted by Crippen LogP contribution is 2.26. The maximum absolute atomic E-state index is 13.5. The van der Waals surface area contributed by atoms with Crippen LogP contribution in [0.3, 0.4) is 0 Å². The number of nitrogens with one attached hydrogen (secondary N) is 1. The highest BCUT2D eigenvalue weighted by atomic mass is 79.9. The number of aromatic carboxylic acids is 1. The van der Waals surface area contributed by atoms with E-state index in [1.54, 1.807) is 12.1 Å². The second kappa shape index (κ2) is 6.24. The fraction of sp³-hybridized carbons (Fsp3) is 0. The number of rotatable bonds is 3. The van der Waals surface area contributed by atoms with Crippen LogP contribution in [0.15, 0.2) is 40.9 Å². The Morgan fingerprint density at radius 1 is 1.19 bits per heavy atom. The molecule has 2 aromatic rings. The summed E-state index contributed by atoms with van der Waals surface area (Å²) >= 11 is 9.19. The first kappa shape index (κ1) is 15.5. The molecule has 0 unspecified atom stereocenters. The highest BCUT2D eigenvalue weighted by molar-refractivity contribution is 9.10. The standard InChI is InChI=1S/C14H8BrClFNO3/c15-10-3-1-2-9(12(10)16)13(19)18-7-4-5-8(14(20)21)11(17)6-7/h1-6H,(H,18,19)(H,20,21). The van der Waals surface area contributed by atoms with Crippen molar-refractivity contribution in [1.82, 2.24) is 0 Å². The number of carbonyl (C=O) groups is 2. The van der Waals surface area contributed by atoms with Crippen LogP contribution in [0.25, 0.3) is 0 Å². The van der Waals surface area contributed by atoms with Gasteiger partial charge in [0.2, 0.25) is 0 Å². The van der Waals surface area contributed by atoms with E-state index in [-0.39, 0.29) is 16.3 Å². The van der Waals surface area contributed by atoms with Crippen LogP contribution in [0.2, 0.25) is 5.02 Å². The molecule has 1 amide bonds. The van der Waals surface area contributed by atoms with Gasteiger partial charge in [-0.2, -0.15) is 0 Å². The number of carboxylic acid groups (broad SMARTS) is 1. The van der Waals surface area contributed by atoms with Crippen LogP contribution in [0.5, 0.6) is 0 Å². The van der Waals surface area contributed by atoms with Crippen LogP contribution < -0.4 is 5.32 Å². The zero-order valence-electron chi connectivity index (χ0n) is 10.4. The van der Waals surface area contributed by atoms with Crippen molar-refractivity contribution in [1.29, 1.82) is 0 Å². The Balaban J connectivity index is 2.26. The predicted molar refractivity (Wildman–Crippen MR) is 80.5 cm³/mol. The first-order valence-electron chi connectivity index (χ1n) is 5.68. The van der Waals surface area contributed by atoms with Crippen molar-refractivity contribution >= 4 is 45.1 Å². The average Bonchev–Trinajstić information content (AvgIpc) is 2.41. The zero-order chi connectivity index (χ0) is 15.6. The van der Waals surface area contributed by atoms with E-state index in [0.717, 1.165) is 12.1 Å². The van der Waals surface area contributed by atoms with Crippen LogP contribution in [0, 0.1) is 5.82 Å². The molecule has 2 aromatic carbocycles. The third-order valence-electron chi connectivity index (χ3n) is 2.65. The zero-order valence-corrected chi connectivity index (χ0v) is 12.7. The lowest BCUT2D eigenvalue weighted by Gasteiger charge is -2.08. The third kappa shape index (κ3) is 3.40. The second-order valence-electron chi connectivity index (χ2n) is 4.06. The fourth-order valence-corrected chi connectivity index (χ4v) is 2.22. The van der Waals surface area contributed by atoms with Crippen molar-refractivity contribution in [3.05, 3.63) is 62.8 Å². The smallest absolute Gasteiger partial charge is 0.338 e. The average molecular weight is 373 g/mol. The minimum Gasteiger partial charge on any atom is -0.478 e. The van der Waals surface area contributed by atoms with Gasteiger partial charge in [0, 0.05) is 10.2 Å². The van der Waals surface area contributed by atoms with Gasteiger partial charge < -0.3 is 10.4 Å². The molecule has 0 aliphatic heterocycles. The van der Waals surface area contributed by atoms with Crippen LogP contribution in [-0.4, -0.2) is 17.0 Å². The van der Waals surface area contributed by atoms with Gasteiger partial charge in [0.05, 0.1) is 16.1 Å². The van der Waals surface area contributed by atoms with E-state index in [0.29, 0.717) is 4.47 Å². The van der Waals surface area contributed by atoms with Crippen molar-refractivity contribution in [3.8, 4) is 0 Å². The predicted octanol–water partition coefficient (Wildman–Crippen LogP) is 4.19. The summed E-state index contributed by atoms with van der Waals surface area (Å²) in [5.41, 5.74) is -0.110. The molecule has 0 radical (unpaired) electrons. The molecule has 0 fully saturated rings. The first-order chi connectivity index (χ1) is 9.90. The molecule has 0 atom stereocenters. The summed E-state index contributed by atoms with van der Waals surface area (Å²) in [5, 5.41) is 11.4. The van der Waals surface area contributed by atoms with Crippen LogP contribution in [0.1, 0.15) is 20.7 Å². The van der Waals surface area contributed by atoms with Crippen molar-refractivity contribution < 1.29 is 19.1 Å². The number of carbonyl (C=O) groups excluding carboxylic acids is 1. The van der Waals surface area contributed by atoms with Gasteiger partial charge in [0.15, 0.2) is 0 Å². The molecular weight excluding hydrogens is 365 g/mol. The van der Waals surface area contributed by atoms with Gasteiger partial charge in [-0.05, 0) is 46.3 Å². The van der Waals surface area contributed by atoms with Gasteiger partial charge in [0.1, 0.15) is 5.82 Å². The molecule has 21 heavy (non-hydrogen) atoms. The van der Waals surface area contributed by atoms with E-state index >= 15 is 0 Å². The molecule has 0 aromatic heterocycles. The Morgan fingerprint density at radius 3 is 2.52 bits per heavy atom. The van der Waals surface area contributed by atoms with Crippen molar-refractivity contribution in [2.75, 3.05) is 5.32 Å². The largest absolute Gasteiger partial charge is 0.478 e. The Bertz CT molecular complexity index is 736. The van der Waals surface area contributed by atoms with Crippen molar-refractivity contribution in [2.24, 2.45) is 0 Å². The Labute approximate surface area is 132 Å². The lowest BCUT2D eigenvalue weighted by Crippen LogP contribution is -2.13. The Hall–Kier alpha value is -1.92. The lowest BCUT2D eigenvalue weighted by atomic mass is 10.1. The molecule has 4 nitrogen and oxygen atoms in total. The molecule has 0 heterocycles. The fourth-order valence-electron chi connectivity index (χ4n) is 1.64. The molecule has 2 rings (SSSR count). The first-order valence-corrected chi connectivity index (χ1v) is 6.85. The van der Waals surface area contributed by atoms with Crippen molar-refractivity contribution in [3.63, 3.8) is 0 Å². The van der Waals surface area contributed by atoms with Gasteiger partial charge in [-0.1, -0.05) is 17.7 Å². The SMILES string of the molecule is O=C(O)c1ccc(NC(=O)c2cccc(Br)c2Cl)cc1F. The van der Waals surface area contributed by atoms with Gasteiger partial charge >= 0.3 is 5.97 Å². The van der Waals surface area contributed by atoms with E-state index in [1.165, 1.54) is 12.1 Å². The minimum absolute atomic E-state index is 0.138. The van der Waals surface area contributed by atoms with E-state index < -0.39 is 23.3 Å². The number of hydrogen-bond donors (Lipinski definition) is 2. The highest BCUT2D eigenvalue weighted by Gasteiger charge is 2.15. The molecule has 0 bridgehead atoms. The number of hydrogen-bond acceptors (Lipinski definition) is 2. The number of halogens is 3. The summed E-state index contributed by atoms with van der Waals surface area (Å²) in [4.78, 5) is 22.8. The molecule has 0 saturated carbocycles. The Morgan fingerprint density at radius 2 is 1.90 bits per heavy atom. The summed E-state index contributed by atoms with van der Waals surface area (Å²) in [6.45, 7) is 0. The quantitative estimate of drug-likeness (QED) is 0.849. The maximum Gasteiger partial charge on any atom is 0.338 e. The van der Waals surface area contributed by atoms with Gasteiger partial charge in [0.25, 0.3) is 5.91 Å². The number of amides is 1. The summed E-state index contributed by atoms with van der Waals surface area (Å²) in [5.74, 6) is -2.83. The molecule has 2 N–H and O–H groups in total. The lowest BCUT2D eigenvalue weighted by molar-refractivity contribution is 0.0692. The van der Waals surface area contributed by atoms with Gasteiger partial charge in [-0.15, -0.1) is 0 Å². The molecule has 0 spiro atoms. The van der Waals surface area contributed by atoms with E-state index in [2.05, 4.69) is 21.2 Å². The minimum atomic E-state index is -1.37. The van der Waals surface area contributed by atoms with E-state index in [4.69, 9.17) is 16.7 Å². The summed E-state index contributed by atoms with van der Waals surface area (Å²) in [7, 11) is 0. The molecule has 0 aliphatic carbocycles. The molecule has 0 aliphatic rings. The van der Waals surface area contributed by atoms with Gasteiger partial charge in [-0.3, -0.25) is 4.79 Å². The van der Waals surface area contributed by atoms with Crippen LogP contribution in [0.4, 0.5) is 10.1 Å². The number of carboxylic acids is 1. The molecular formula is C14H8BrClFNO3. The molecule has 108 valence electrons. The molecule has 7 heteroatoms. The number of benzene rings is 2. The topological polar surface area (TPSA) is 66.4 Å². The third-order valence-corrected chi connectivity index (χ3v) is 3.95. The monoisotopic (exact) mass is 371 g/mol.